The van der Waals surface area contributed by atoms with Crippen molar-refractivity contribution >= 4 is 11.7 Å². The maximum atomic E-state index is 11.5. The molecule has 2 heterocycles. The molecule has 142 valence electrons. The highest BCUT2D eigenvalue weighted by Gasteiger charge is 2.21. The van der Waals surface area contributed by atoms with E-state index in [0.29, 0.717) is 18.4 Å². The Hall–Kier alpha value is -2.73. The first kappa shape index (κ1) is 17.7. The third-order valence-corrected chi connectivity index (χ3v) is 5.03. The first-order chi connectivity index (χ1) is 13.2. The smallest absolute Gasteiger partial charge is 0.337 e. The van der Waals surface area contributed by atoms with Crippen LogP contribution in [-0.4, -0.2) is 43.9 Å². The summed E-state index contributed by atoms with van der Waals surface area (Å²) >= 11 is 0. The molecule has 2 aromatic carbocycles. The Morgan fingerprint density at radius 2 is 2.00 bits per heavy atom. The minimum atomic E-state index is -0.299. The van der Waals surface area contributed by atoms with Crippen molar-refractivity contribution in [3.05, 3.63) is 53.6 Å². The van der Waals surface area contributed by atoms with Crippen LogP contribution in [-0.2, 0) is 11.3 Å². The van der Waals surface area contributed by atoms with Crippen LogP contribution in [0.15, 0.2) is 42.5 Å². The van der Waals surface area contributed by atoms with Crippen molar-refractivity contribution in [2.24, 2.45) is 0 Å². The largest absolute Gasteiger partial charge is 0.465 e. The summed E-state index contributed by atoms with van der Waals surface area (Å²) in [6.07, 6.45) is 2.30. The second-order valence-electron chi connectivity index (χ2n) is 6.98. The predicted molar refractivity (Wildman–Crippen MR) is 102 cm³/mol. The van der Waals surface area contributed by atoms with Crippen molar-refractivity contribution in [2.45, 2.75) is 25.4 Å². The maximum Gasteiger partial charge on any atom is 0.337 e. The van der Waals surface area contributed by atoms with Crippen molar-refractivity contribution in [3.8, 4) is 11.5 Å². The molecule has 27 heavy (non-hydrogen) atoms. The van der Waals surface area contributed by atoms with E-state index in [4.69, 9.17) is 14.2 Å². The first-order valence-corrected chi connectivity index (χ1v) is 9.27. The molecule has 1 saturated heterocycles. The molecule has 0 aliphatic carbocycles. The highest BCUT2D eigenvalue weighted by Crippen LogP contribution is 2.34. The van der Waals surface area contributed by atoms with Gasteiger partial charge < -0.3 is 19.5 Å². The fraction of sp³-hybridized carbons (Fsp3) is 0.381. The fourth-order valence-corrected chi connectivity index (χ4v) is 3.66. The normalized spacial score (nSPS) is 18.9. The van der Waals surface area contributed by atoms with Gasteiger partial charge >= 0.3 is 5.97 Å². The van der Waals surface area contributed by atoms with E-state index in [1.54, 1.807) is 0 Å². The lowest BCUT2D eigenvalue weighted by Crippen LogP contribution is -2.41. The van der Waals surface area contributed by atoms with Gasteiger partial charge in [0.2, 0.25) is 6.79 Å². The Kier molecular flexibility index (Phi) is 5.16. The van der Waals surface area contributed by atoms with E-state index in [1.165, 1.54) is 12.7 Å². The zero-order valence-electron chi connectivity index (χ0n) is 15.4. The van der Waals surface area contributed by atoms with Crippen LogP contribution in [0.25, 0.3) is 0 Å². The summed E-state index contributed by atoms with van der Waals surface area (Å²) in [6, 6.07) is 14.1. The molecule has 0 saturated carbocycles. The number of esters is 1. The summed E-state index contributed by atoms with van der Waals surface area (Å²) < 4.78 is 15.6. The Morgan fingerprint density at radius 3 is 2.81 bits per heavy atom. The summed E-state index contributed by atoms with van der Waals surface area (Å²) in [4.78, 5) is 14.0. The number of rotatable bonds is 5. The highest BCUT2D eigenvalue weighted by atomic mass is 16.7. The van der Waals surface area contributed by atoms with Gasteiger partial charge in [0.25, 0.3) is 0 Å². The van der Waals surface area contributed by atoms with Gasteiger partial charge in [0.15, 0.2) is 11.5 Å². The molecule has 2 aromatic rings. The SMILES string of the molecule is COC(=O)c1ccc(CN2CCC[C@@H](Nc3ccc4c(c3)OCO4)C2)cc1. The van der Waals surface area contributed by atoms with Gasteiger partial charge in [0.1, 0.15) is 0 Å². The molecule has 1 fully saturated rings. The standard InChI is InChI=1S/C21H24N2O4/c1-25-21(24)16-6-4-15(5-7-16)12-23-10-2-3-18(13-23)22-17-8-9-19-20(11-17)27-14-26-19/h4-9,11,18,22H,2-3,10,12-14H2,1H3/t18-/m1/s1. The van der Waals surface area contributed by atoms with Crippen molar-refractivity contribution in [1.29, 1.82) is 0 Å². The highest BCUT2D eigenvalue weighted by molar-refractivity contribution is 5.89. The van der Waals surface area contributed by atoms with Crippen molar-refractivity contribution < 1.29 is 19.0 Å². The molecule has 4 rings (SSSR count). The zero-order valence-corrected chi connectivity index (χ0v) is 15.4. The minimum absolute atomic E-state index is 0.296. The number of methoxy groups -OCH3 is 1. The lowest BCUT2D eigenvalue weighted by atomic mass is 10.0. The molecule has 0 aromatic heterocycles. The van der Waals surface area contributed by atoms with Crippen molar-refractivity contribution in [2.75, 3.05) is 32.3 Å². The average molecular weight is 368 g/mol. The van der Waals surface area contributed by atoms with E-state index in [9.17, 15) is 4.79 Å². The van der Waals surface area contributed by atoms with Crippen LogP contribution in [0.1, 0.15) is 28.8 Å². The van der Waals surface area contributed by atoms with Gasteiger partial charge in [-0.25, -0.2) is 4.79 Å². The summed E-state index contributed by atoms with van der Waals surface area (Å²) in [5, 5.41) is 3.62. The maximum absolute atomic E-state index is 11.5. The van der Waals surface area contributed by atoms with E-state index in [-0.39, 0.29) is 5.97 Å². The molecule has 2 aliphatic heterocycles. The molecule has 0 unspecified atom stereocenters. The second-order valence-corrected chi connectivity index (χ2v) is 6.98. The topological polar surface area (TPSA) is 60.0 Å². The third kappa shape index (κ3) is 4.17. The van der Waals surface area contributed by atoms with Crippen LogP contribution in [0.3, 0.4) is 0 Å². The number of piperidine rings is 1. The van der Waals surface area contributed by atoms with Crippen LogP contribution in [0.4, 0.5) is 5.69 Å². The van der Waals surface area contributed by atoms with Gasteiger partial charge in [-0.15, -0.1) is 0 Å². The Bertz CT molecular complexity index is 806. The molecule has 0 radical (unpaired) electrons. The zero-order chi connectivity index (χ0) is 18.6. The van der Waals surface area contributed by atoms with Crippen LogP contribution in [0.2, 0.25) is 0 Å². The number of nitrogens with one attached hydrogen (secondary N) is 1. The summed E-state index contributed by atoms with van der Waals surface area (Å²) in [5.41, 5.74) is 2.85. The molecule has 0 spiro atoms. The van der Waals surface area contributed by atoms with Crippen LogP contribution < -0.4 is 14.8 Å². The van der Waals surface area contributed by atoms with E-state index in [1.807, 2.05) is 42.5 Å². The quantitative estimate of drug-likeness (QED) is 0.818. The van der Waals surface area contributed by atoms with Gasteiger partial charge in [-0.05, 0) is 49.2 Å². The molecular formula is C21H24N2O4. The van der Waals surface area contributed by atoms with Crippen LogP contribution >= 0.6 is 0 Å². The number of hydrogen-bond donors (Lipinski definition) is 1. The number of carbonyl (C=O) groups excluding carboxylic acids is 1. The second kappa shape index (κ2) is 7.88. The number of nitrogens with zero attached hydrogens (tertiary/aromatic N) is 1. The van der Waals surface area contributed by atoms with E-state index < -0.39 is 0 Å². The van der Waals surface area contributed by atoms with Gasteiger partial charge in [-0.1, -0.05) is 12.1 Å². The number of ether oxygens (including phenoxy) is 3. The number of likely N-dealkylation sites (tertiary alicyclic amines) is 1. The van der Waals surface area contributed by atoms with Crippen molar-refractivity contribution in [3.63, 3.8) is 0 Å². The summed E-state index contributed by atoms with van der Waals surface area (Å²) in [5.74, 6) is 1.31. The number of anilines is 1. The van der Waals surface area contributed by atoms with E-state index in [0.717, 1.165) is 49.7 Å². The fourth-order valence-electron chi connectivity index (χ4n) is 3.66. The molecule has 6 heteroatoms. The Morgan fingerprint density at radius 1 is 1.19 bits per heavy atom. The van der Waals surface area contributed by atoms with Gasteiger partial charge in [0.05, 0.1) is 12.7 Å². The van der Waals surface area contributed by atoms with E-state index in [2.05, 4.69) is 10.2 Å². The molecule has 6 nitrogen and oxygen atoms in total. The summed E-state index contributed by atoms with van der Waals surface area (Å²) in [7, 11) is 1.40. The molecular weight excluding hydrogens is 344 g/mol. The Labute approximate surface area is 159 Å². The average Bonchev–Trinajstić information content (AvgIpc) is 3.16. The number of fused-ring (bicyclic) bond motifs is 1. The molecule has 0 amide bonds. The van der Waals surface area contributed by atoms with Gasteiger partial charge in [0, 0.05) is 30.9 Å². The van der Waals surface area contributed by atoms with Gasteiger partial charge in [-0.2, -0.15) is 0 Å². The number of benzene rings is 2. The predicted octanol–water partition coefficient (Wildman–Crippen LogP) is 3.28. The molecule has 2 aliphatic rings. The number of carbonyl (C=O) groups is 1. The third-order valence-electron chi connectivity index (χ3n) is 5.03. The summed E-state index contributed by atoms with van der Waals surface area (Å²) in [6.45, 7) is 3.23. The Balaban J connectivity index is 1.34. The lowest BCUT2D eigenvalue weighted by molar-refractivity contribution is 0.0600. The lowest BCUT2D eigenvalue weighted by Gasteiger charge is -2.33. The molecule has 0 bridgehead atoms. The van der Waals surface area contributed by atoms with Crippen LogP contribution in [0.5, 0.6) is 11.5 Å². The van der Waals surface area contributed by atoms with E-state index >= 15 is 0 Å². The molecule has 1 atom stereocenters. The van der Waals surface area contributed by atoms with Gasteiger partial charge in [-0.3, -0.25) is 4.90 Å². The molecule has 1 N–H and O–H groups in total. The van der Waals surface area contributed by atoms with Crippen molar-refractivity contribution in [1.82, 2.24) is 4.90 Å². The first-order valence-electron chi connectivity index (χ1n) is 9.27. The number of hydrogen-bond acceptors (Lipinski definition) is 6. The minimum Gasteiger partial charge on any atom is -0.465 e. The van der Waals surface area contributed by atoms with Crippen LogP contribution in [0, 0.1) is 0 Å². The monoisotopic (exact) mass is 368 g/mol.